The molecule has 0 aromatic rings. The number of carbonyl (C=O) groups excluding carboxylic acids is 1. The third-order valence-corrected chi connectivity index (χ3v) is 2.41. The summed E-state index contributed by atoms with van der Waals surface area (Å²) in [5.41, 5.74) is 2.10. The number of ether oxygens (including phenoxy) is 1. The molecule has 1 aliphatic carbocycles. The summed E-state index contributed by atoms with van der Waals surface area (Å²) in [6, 6.07) is 0. The van der Waals surface area contributed by atoms with Gasteiger partial charge in [0.1, 0.15) is 0 Å². The second-order valence-electron chi connectivity index (χ2n) is 3.53. The molecule has 4 heteroatoms. The Balaban J connectivity index is 2.33. The van der Waals surface area contributed by atoms with Crippen molar-refractivity contribution in [3.8, 4) is 0 Å². The topological polar surface area (TPSA) is 62.2 Å². The molecule has 0 radical (unpaired) electrons. The molecule has 1 heterocycles. The molecule has 1 amide bonds. The van der Waals surface area contributed by atoms with Gasteiger partial charge in [0.15, 0.2) is 0 Å². The summed E-state index contributed by atoms with van der Waals surface area (Å²) < 4.78 is 5.04. The Labute approximate surface area is 87.8 Å². The number of methoxy groups -OCH3 is 1. The molecular weight excluding hydrogens is 192 g/mol. The number of fused-ring (bicyclic) bond motifs is 1. The number of carbonyl (C=O) groups is 1. The van der Waals surface area contributed by atoms with E-state index in [4.69, 9.17) is 10.1 Å². The Hall–Kier alpha value is -1.68. The molecular formula is C11H12N2O2. The van der Waals surface area contributed by atoms with Crippen molar-refractivity contribution in [2.75, 3.05) is 13.7 Å². The third-order valence-electron chi connectivity index (χ3n) is 2.41. The van der Waals surface area contributed by atoms with Crippen LogP contribution < -0.4 is 5.32 Å². The second kappa shape index (κ2) is 3.82. The van der Waals surface area contributed by atoms with Crippen LogP contribution in [-0.4, -0.2) is 25.3 Å². The van der Waals surface area contributed by atoms with Gasteiger partial charge in [-0.2, -0.15) is 0 Å². The van der Waals surface area contributed by atoms with Gasteiger partial charge < -0.3 is 15.5 Å². The van der Waals surface area contributed by atoms with Crippen LogP contribution in [0.5, 0.6) is 0 Å². The van der Waals surface area contributed by atoms with Gasteiger partial charge in [-0.25, -0.2) is 0 Å². The highest BCUT2D eigenvalue weighted by atomic mass is 16.5. The zero-order chi connectivity index (χ0) is 10.8. The van der Waals surface area contributed by atoms with Crippen molar-refractivity contribution >= 4 is 11.6 Å². The van der Waals surface area contributed by atoms with E-state index in [0.29, 0.717) is 12.3 Å². The molecule has 1 unspecified atom stereocenters. The summed E-state index contributed by atoms with van der Waals surface area (Å²) in [6.45, 7) is 0.438. The van der Waals surface area contributed by atoms with E-state index in [-0.39, 0.29) is 11.8 Å². The maximum Gasteiger partial charge on any atom is 0.248 e. The molecule has 0 bridgehead atoms. The molecule has 0 saturated carbocycles. The largest absolute Gasteiger partial charge is 0.380 e. The predicted molar refractivity (Wildman–Crippen MR) is 56.5 cm³/mol. The molecule has 0 spiro atoms. The molecule has 0 aromatic heterocycles. The Bertz CT molecular complexity index is 405. The van der Waals surface area contributed by atoms with Crippen molar-refractivity contribution in [1.82, 2.24) is 5.32 Å². The minimum Gasteiger partial charge on any atom is -0.380 e. The lowest BCUT2D eigenvalue weighted by atomic mass is 9.88. The average Bonchev–Trinajstić information content (AvgIpc) is 2.17. The highest BCUT2D eigenvalue weighted by Crippen LogP contribution is 2.26. The number of hydrogen-bond donors (Lipinski definition) is 2. The van der Waals surface area contributed by atoms with Crippen molar-refractivity contribution in [2.24, 2.45) is 5.92 Å². The number of nitrogens with one attached hydrogen (secondary N) is 2. The fourth-order valence-electron chi connectivity index (χ4n) is 1.78. The summed E-state index contributed by atoms with van der Waals surface area (Å²) in [4.78, 5) is 11.3. The van der Waals surface area contributed by atoms with Gasteiger partial charge in [-0.3, -0.25) is 4.79 Å². The first-order valence-corrected chi connectivity index (χ1v) is 4.69. The fraction of sp³-hybridized carbons (Fsp3) is 0.273. The van der Waals surface area contributed by atoms with Gasteiger partial charge in [0.25, 0.3) is 0 Å². The average molecular weight is 204 g/mol. The lowest BCUT2D eigenvalue weighted by Gasteiger charge is -2.26. The van der Waals surface area contributed by atoms with E-state index < -0.39 is 0 Å². The Morgan fingerprint density at radius 3 is 3.07 bits per heavy atom. The second-order valence-corrected chi connectivity index (χ2v) is 3.53. The molecule has 15 heavy (non-hydrogen) atoms. The van der Waals surface area contributed by atoms with Gasteiger partial charge >= 0.3 is 0 Å². The van der Waals surface area contributed by atoms with Crippen LogP contribution in [0.2, 0.25) is 0 Å². The first-order valence-electron chi connectivity index (χ1n) is 4.69. The van der Waals surface area contributed by atoms with Crippen LogP contribution in [0.4, 0.5) is 0 Å². The maximum atomic E-state index is 11.3. The zero-order valence-electron chi connectivity index (χ0n) is 8.41. The van der Waals surface area contributed by atoms with E-state index in [1.165, 1.54) is 0 Å². The SMILES string of the molecule is COCC1=CC(=O)NC2=CC(=N)C=CC12. The van der Waals surface area contributed by atoms with Crippen LogP contribution in [0.3, 0.4) is 0 Å². The highest BCUT2D eigenvalue weighted by Gasteiger charge is 2.25. The molecule has 0 fully saturated rings. The minimum absolute atomic E-state index is 0.0525. The van der Waals surface area contributed by atoms with Crippen LogP contribution in [0.1, 0.15) is 0 Å². The molecule has 4 nitrogen and oxygen atoms in total. The van der Waals surface area contributed by atoms with Gasteiger partial charge in [0.05, 0.1) is 12.3 Å². The van der Waals surface area contributed by atoms with Crippen LogP contribution in [-0.2, 0) is 9.53 Å². The molecule has 1 aliphatic heterocycles. The standard InChI is InChI=1S/C11H12N2O2/c1-15-6-7-4-11(14)13-10-5-8(12)2-3-9(7)10/h2-5,9,12H,6H2,1H3,(H,13,14). The summed E-state index contributed by atoms with van der Waals surface area (Å²) in [5.74, 6) is -0.0931. The van der Waals surface area contributed by atoms with E-state index in [0.717, 1.165) is 11.3 Å². The normalized spacial score (nSPS) is 24.2. The first kappa shape index (κ1) is 9.86. The summed E-state index contributed by atoms with van der Waals surface area (Å²) >= 11 is 0. The van der Waals surface area contributed by atoms with Gasteiger partial charge in [0, 0.05) is 24.8 Å². The highest BCUT2D eigenvalue weighted by molar-refractivity contribution is 6.04. The van der Waals surface area contributed by atoms with Gasteiger partial charge in [-0.15, -0.1) is 0 Å². The molecule has 0 aromatic carbocycles. The summed E-state index contributed by atoms with van der Waals surface area (Å²) in [7, 11) is 1.60. The number of hydrogen-bond acceptors (Lipinski definition) is 3. The van der Waals surface area contributed by atoms with Crippen LogP contribution in [0.15, 0.2) is 35.6 Å². The van der Waals surface area contributed by atoms with E-state index in [9.17, 15) is 4.79 Å². The Morgan fingerprint density at radius 2 is 2.33 bits per heavy atom. The monoisotopic (exact) mass is 204 g/mol. The summed E-state index contributed by atoms with van der Waals surface area (Å²) in [6.07, 6.45) is 6.87. The van der Waals surface area contributed by atoms with Gasteiger partial charge in [-0.05, 0) is 17.7 Å². The number of rotatable bonds is 2. The van der Waals surface area contributed by atoms with E-state index >= 15 is 0 Å². The fourth-order valence-corrected chi connectivity index (χ4v) is 1.78. The number of allylic oxidation sites excluding steroid dienone is 3. The van der Waals surface area contributed by atoms with E-state index in [1.54, 1.807) is 25.3 Å². The Morgan fingerprint density at radius 1 is 1.53 bits per heavy atom. The van der Waals surface area contributed by atoms with Gasteiger partial charge in [0.2, 0.25) is 5.91 Å². The molecule has 2 aliphatic rings. The molecule has 1 atom stereocenters. The van der Waals surface area contributed by atoms with Crippen molar-refractivity contribution in [3.05, 3.63) is 35.6 Å². The zero-order valence-corrected chi connectivity index (χ0v) is 8.41. The number of amides is 1. The minimum atomic E-state index is -0.146. The van der Waals surface area contributed by atoms with Crippen molar-refractivity contribution < 1.29 is 9.53 Å². The van der Waals surface area contributed by atoms with Crippen molar-refractivity contribution in [3.63, 3.8) is 0 Å². The quantitative estimate of drug-likeness (QED) is 0.698. The third kappa shape index (κ3) is 1.89. The van der Waals surface area contributed by atoms with Crippen LogP contribution in [0.25, 0.3) is 0 Å². The lowest BCUT2D eigenvalue weighted by molar-refractivity contribution is -0.116. The van der Waals surface area contributed by atoms with E-state index in [2.05, 4.69) is 5.32 Å². The van der Waals surface area contributed by atoms with Crippen LogP contribution in [0, 0.1) is 11.3 Å². The van der Waals surface area contributed by atoms with Crippen molar-refractivity contribution in [2.45, 2.75) is 0 Å². The smallest absolute Gasteiger partial charge is 0.248 e. The molecule has 78 valence electrons. The molecule has 0 saturated heterocycles. The van der Waals surface area contributed by atoms with Crippen LogP contribution >= 0.6 is 0 Å². The first-order chi connectivity index (χ1) is 7.20. The van der Waals surface area contributed by atoms with Crippen molar-refractivity contribution in [1.29, 1.82) is 5.41 Å². The van der Waals surface area contributed by atoms with E-state index in [1.807, 2.05) is 6.08 Å². The predicted octanol–water partition coefficient (Wildman–Crippen LogP) is 0.779. The van der Waals surface area contributed by atoms with Gasteiger partial charge in [-0.1, -0.05) is 6.08 Å². The summed E-state index contributed by atoms with van der Waals surface area (Å²) in [5, 5.41) is 10.2. The molecule has 2 rings (SSSR count). The molecule has 2 N–H and O–H groups in total. The maximum absolute atomic E-state index is 11.3. The lowest BCUT2D eigenvalue weighted by Crippen LogP contribution is -2.34. The Kier molecular flexibility index (Phi) is 2.51.